The summed E-state index contributed by atoms with van der Waals surface area (Å²) in [5.41, 5.74) is -0.862. The molecule has 1 N–H and O–H groups in total. The van der Waals surface area contributed by atoms with E-state index >= 15 is 4.39 Å². The number of nitrogens with zero attached hydrogens (tertiary/aromatic N) is 4. The quantitative estimate of drug-likeness (QED) is 0.314. The minimum atomic E-state index is -2.98. The molecule has 42 heavy (non-hydrogen) atoms. The van der Waals surface area contributed by atoms with Crippen LogP contribution >= 0.6 is 0 Å². The highest BCUT2D eigenvalue weighted by Gasteiger charge is 2.49. The molecule has 7 rings (SSSR count). The molecule has 2 aromatic heterocycles. The summed E-state index contributed by atoms with van der Waals surface area (Å²) in [6.07, 6.45) is 0.576. The van der Waals surface area contributed by atoms with Gasteiger partial charge in [0.25, 0.3) is 5.92 Å². The van der Waals surface area contributed by atoms with Crippen LogP contribution in [0.25, 0.3) is 33.0 Å². The second-order valence-electron chi connectivity index (χ2n) is 11.6. The summed E-state index contributed by atoms with van der Waals surface area (Å²) in [5.74, 6) is -3.80. The number of rotatable bonds is 5. The molecule has 8 nitrogen and oxygen atoms in total. The third kappa shape index (κ3) is 4.34. The number of phenols is 1. The molecule has 2 aromatic carbocycles. The minimum absolute atomic E-state index is 0.0301. The van der Waals surface area contributed by atoms with Gasteiger partial charge in [0.2, 0.25) is 0 Å². The van der Waals surface area contributed by atoms with Gasteiger partial charge in [0.15, 0.2) is 5.82 Å². The van der Waals surface area contributed by atoms with Crippen molar-refractivity contribution in [2.24, 2.45) is 0 Å². The normalized spacial score (nSPS) is 23.7. The minimum Gasteiger partial charge on any atom is -0.508 e. The number of anilines is 1. The van der Waals surface area contributed by atoms with Crippen molar-refractivity contribution < 1.29 is 31.8 Å². The first-order chi connectivity index (χ1) is 20.0. The number of aryl methyl sites for hydroxylation is 1. The van der Waals surface area contributed by atoms with E-state index in [2.05, 4.69) is 14.9 Å². The number of ether oxygens (including phenoxy) is 1. The second-order valence-corrected chi connectivity index (χ2v) is 11.6. The Morgan fingerprint density at radius 3 is 2.79 bits per heavy atom. The van der Waals surface area contributed by atoms with Crippen LogP contribution in [0.4, 0.5) is 23.4 Å². The van der Waals surface area contributed by atoms with Crippen LogP contribution in [0.5, 0.6) is 11.8 Å². The van der Waals surface area contributed by atoms with Gasteiger partial charge in [-0.25, -0.2) is 22.4 Å². The van der Waals surface area contributed by atoms with Crippen molar-refractivity contribution in [3.63, 3.8) is 0 Å². The number of benzene rings is 2. The number of hydrogen-bond donors (Lipinski definition) is 1. The molecule has 0 spiro atoms. The van der Waals surface area contributed by atoms with Crippen molar-refractivity contribution in [1.29, 1.82) is 0 Å². The molecule has 3 aliphatic rings. The van der Waals surface area contributed by atoms with Crippen molar-refractivity contribution in [2.75, 3.05) is 37.7 Å². The van der Waals surface area contributed by atoms with E-state index in [4.69, 9.17) is 9.15 Å². The van der Waals surface area contributed by atoms with Gasteiger partial charge < -0.3 is 19.2 Å². The first kappa shape index (κ1) is 26.9. The largest absolute Gasteiger partial charge is 0.508 e. The van der Waals surface area contributed by atoms with Gasteiger partial charge in [0.05, 0.1) is 17.6 Å². The smallest absolute Gasteiger partial charge is 0.349 e. The average Bonchev–Trinajstić information content (AvgIpc) is 3.59. The van der Waals surface area contributed by atoms with Crippen LogP contribution in [-0.2, 0) is 0 Å². The van der Waals surface area contributed by atoms with Crippen molar-refractivity contribution in [3.05, 3.63) is 52.1 Å². The number of aromatic nitrogens is 2. The maximum atomic E-state index is 15.0. The average molecular weight is 585 g/mol. The summed E-state index contributed by atoms with van der Waals surface area (Å²) in [6, 6.07) is 6.93. The third-order valence-electron chi connectivity index (χ3n) is 8.82. The molecule has 3 fully saturated rings. The highest BCUT2D eigenvalue weighted by molar-refractivity contribution is 6.00. The van der Waals surface area contributed by atoms with Crippen LogP contribution in [0.2, 0.25) is 0 Å². The molecule has 0 unspecified atom stereocenters. The molecule has 5 heterocycles. The van der Waals surface area contributed by atoms with E-state index in [0.717, 1.165) is 19.4 Å². The molecule has 2 atom stereocenters. The lowest BCUT2D eigenvalue weighted by Crippen LogP contribution is -2.43. The number of halogens is 4. The molecule has 0 radical (unpaired) electrons. The standard InChI is InChI=1S/C30H28F4N4O4/c1-16-24-23(27(40)42-25(16)20-11-19(39)10-17-4-2-5-21(32)22(17)20)26(37-9-7-30(33,34)14-37)36-28(35-24)41-15-29-6-3-8-38(29)13-18(31)12-29/h2,4-5,10-11,18,39H,3,6-9,12-15H2,1H3/t18-,29+/m1/s1. The maximum absolute atomic E-state index is 15.0. The van der Waals surface area contributed by atoms with Crippen LogP contribution in [0, 0.1) is 12.7 Å². The number of aromatic hydroxyl groups is 1. The fourth-order valence-electron chi connectivity index (χ4n) is 6.88. The van der Waals surface area contributed by atoms with E-state index in [1.54, 1.807) is 13.0 Å². The fraction of sp³-hybridized carbons (Fsp3) is 0.433. The number of hydrogen-bond acceptors (Lipinski definition) is 8. The molecular weight excluding hydrogens is 556 g/mol. The molecule has 0 bridgehead atoms. The highest BCUT2D eigenvalue weighted by Crippen LogP contribution is 2.42. The maximum Gasteiger partial charge on any atom is 0.349 e. The van der Waals surface area contributed by atoms with E-state index in [-0.39, 0.29) is 58.3 Å². The molecule has 3 saturated heterocycles. The van der Waals surface area contributed by atoms with E-state index < -0.39 is 42.0 Å². The summed E-state index contributed by atoms with van der Waals surface area (Å²) in [6.45, 7) is 2.09. The van der Waals surface area contributed by atoms with Gasteiger partial charge in [-0.05, 0) is 49.9 Å². The lowest BCUT2D eigenvalue weighted by atomic mass is 9.95. The van der Waals surface area contributed by atoms with Crippen LogP contribution in [0.1, 0.15) is 31.2 Å². The molecule has 0 saturated carbocycles. The van der Waals surface area contributed by atoms with E-state index in [1.807, 2.05) is 0 Å². The first-order valence-electron chi connectivity index (χ1n) is 14.0. The number of alkyl halides is 3. The molecule has 220 valence electrons. The zero-order valence-electron chi connectivity index (χ0n) is 22.8. The van der Waals surface area contributed by atoms with Crippen molar-refractivity contribution in [2.45, 2.75) is 50.2 Å². The Morgan fingerprint density at radius 2 is 2.00 bits per heavy atom. The Hall–Kier alpha value is -3.93. The Bertz CT molecular complexity index is 1800. The monoisotopic (exact) mass is 584 g/mol. The second kappa shape index (κ2) is 9.55. The van der Waals surface area contributed by atoms with Gasteiger partial charge in [-0.1, -0.05) is 12.1 Å². The molecule has 3 aliphatic heterocycles. The lowest BCUT2D eigenvalue weighted by molar-refractivity contribution is 0.0256. The first-order valence-corrected chi connectivity index (χ1v) is 14.0. The predicted octanol–water partition coefficient (Wildman–Crippen LogP) is 5.36. The Labute approximate surface area is 237 Å². The van der Waals surface area contributed by atoms with Crippen LogP contribution in [-0.4, -0.2) is 70.4 Å². The van der Waals surface area contributed by atoms with Crippen molar-refractivity contribution in [1.82, 2.24) is 14.9 Å². The summed E-state index contributed by atoms with van der Waals surface area (Å²) in [4.78, 5) is 25.8. The fourth-order valence-corrected chi connectivity index (χ4v) is 6.88. The summed E-state index contributed by atoms with van der Waals surface area (Å²) < 4.78 is 69.7. The topological polar surface area (TPSA) is 91.9 Å². The summed E-state index contributed by atoms with van der Waals surface area (Å²) in [5, 5.41) is 10.8. The zero-order valence-corrected chi connectivity index (χ0v) is 22.8. The summed E-state index contributed by atoms with van der Waals surface area (Å²) in [7, 11) is 0. The third-order valence-corrected chi connectivity index (χ3v) is 8.82. The predicted molar refractivity (Wildman–Crippen MR) is 148 cm³/mol. The summed E-state index contributed by atoms with van der Waals surface area (Å²) >= 11 is 0. The van der Waals surface area contributed by atoms with E-state index in [9.17, 15) is 23.1 Å². The Morgan fingerprint density at radius 1 is 1.17 bits per heavy atom. The van der Waals surface area contributed by atoms with Crippen LogP contribution in [0.15, 0.2) is 39.5 Å². The SMILES string of the molecule is Cc1c(-c2cc(O)cc3cccc(F)c23)oc(=O)c2c(N3CCC(F)(F)C3)nc(OC[C@@]34CCCN3C[C@H](F)C4)nc12. The molecular formula is C30H28F4N4O4. The van der Waals surface area contributed by atoms with Crippen molar-refractivity contribution in [3.8, 4) is 23.1 Å². The van der Waals surface area contributed by atoms with Crippen molar-refractivity contribution >= 4 is 27.5 Å². The Kier molecular flexibility index (Phi) is 6.12. The molecule has 12 heteroatoms. The Balaban J connectivity index is 1.40. The van der Waals surface area contributed by atoms with Gasteiger partial charge in [-0.15, -0.1) is 0 Å². The van der Waals surface area contributed by atoms with Crippen LogP contribution < -0.4 is 15.3 Å². The van der Waals surface area contributed by atoms with Gasteiger partial charge in [-0.2, -0.15) is 9.97 Å². The van der Waals surface area contributed by atoms with Gasteiger partial charge >= 0.3 is 11.6 Å². The van der Waals surface area contributed by atoms with Crippen LogP contribution in [0.3, 0.4) is 0 Å². The number of fused-ring (bicyclic) bond motifs is 3. The lowest BCUT2D eigenvalue weighted by Gasteiger charge is -2.31. The van der Waals surface area contributed by atoms with E-state index in [0.29, 0.717) is 23.9 Å². The molecule has 4 aromatic rings. The van der Waals surface area contributed by atoms with Gasteiger partial charge in [0.1, 0.15) is 35.5 Å². The number of phenolic OH excluding ortho intramolecular Hbond substituents is 1. The zero-order chi connectivity index (χ0) is 29.4. The van der Waals surface area contributed by atoms with Gasteiger partial charge in [-0.3, -0.25) is 4.90 Å². The highest BCUT2D eigenvalue weighted by atomic mass is 19.3. The molecule has 0 aliphatic carbocycles. The van der Waals surface area contributed by atoms with E-state index in [1.165, 1.54) is 29.2 Å². The molecule has 0 amide bonds. The van der Waals surface area contributed by atoms with Gasteiger partial charge in [0, 0.05) is 42.4 Å².